The molecule has 18 heavy (non-hydrogen) atoms. The van der Waals surface area contributed by atoms with Gasteiger partial charge in [0.2, 0.25) is 5.88 Å². The maximum atomic E-state index is 11.6. The van der Waals surface area contributed by atoms with Gasteiger partial charge in [-0.25, -0.2) is 15.2 Å². The van der Waals surface area contributed by atoms with Crippen molar-refractivity contribution in [1.82, 2.24) is 15.8 Å². The largest absolute Gasteiger partial charge is 0.481 e. The molecule has 0 radical (unpaired) electrons. The van der Waals surface area contributed by atoms with Gasteiger partial charge in [-0.1, -0.05) is 12.6 Å². The van der Waals surface area contributed by atoms with E-state index in [-0.39, 0.29) is 11.5 Å². The number of ether oxygens (including phenoxy) is 2. The molecule has 96 valence electrons. The number of hydrogen-bond acceptors (Lipinski definition) is 5. The number of carbonyl (C=O) groups is 2. The van der Waals surface area contributed by atoms with E-state index in [9.17, 15) is 9.59 Å². The fourth-order valence-corrected chi connectivity index (χ4v) is 1.01. The number of amides is 2. The van der Waals surface area contributed by atoms with Crippen LogP contribution in [0.15, 0.2) is 30.5 Å². The number of nitrogens with zero attached hydrogens (tertiary/aromatic N) is 1. The molecule has 2 amide bonds. The van der Waals surface area contributed by atoms with Gasteiger partial charge in [-0.05, 0) is 13.0 Å². The van der Waals surface area contributed by atoms with Gasteiger partial charge in [-0.2, -0.15) is 0 Å². The molecule has 7 nitrogen and oxygen atoms in total. The van der Waals surface area contributed by atoms with E-state index in [4.69, 9.17) is 4.74 Å². The van der Waals surface area contributed by atoms with E-state index in [1.54, 1.807) is 12.1 Å². The average molecular weight is 251 g/mol. The normalized spacial score (nSPS) is 9.22. The van der Waals surface area contributed by atoms with E-state index in [2.05, 4.69) is 21.7 Å². The first-order chi connectivity index (χ1) is 8.52. The molecule has 0 spiro atoms. The zero-order valence-corrected chi connectivity index (χ0v) is 10.0. The van der Waals surface area contributed by atoms with Crippen molar-refractivity contribution in [2.24, 2.45) is 0 Å². The van der Waals surface area contributed by atoms with Crippen molar-refractivity contribution in [3.63, 3.8) is 0 Å². The van der Waals surface area contributed by atoms with Crippen molar-refractivity contribution in [2.45, 2.75) is 6.92 Å². The minimum Gasteiger partial charge on any atom is -0.481 e. The van der Waals surface area contributed by atoms with Crippen LogP contribution in [0.25, 0.3) is 0 Å². The highest BCUT2D eigenvalue weighted by Gasteiger charge is 2.10. The summed E-state index contributed by atoms with van der Waals surface area (Å²) < 4.78 is 9.45. The number of carbonyl (C=O) groups excluding carboxylic acids is 2. The van der Waals surface area contributed by atoms with Crippen LogP contribution in [0, 0.1) is 0 Å². The third kappa shape index (κ3) is 4.12. The zero-order valence-electron chi connectivity index (χ0n) is 10.0. The molecule has 2 N–H and O–H groups in total. The molecule has 0 aliphatic rings. The van der Waals surface area contributed by atoms with Gasteiger partial charge >= 0.3 is 6.09 Å². The van der Waals surface area contributed by atoms with Crippen LogP contribution in [-0.2, 0) is 4.74 Å². The highest BCUT2D eigenvalue weighted by molar-refractivity contribution is 5.93. The Kier molecular flexibility index (Phi) is 4.67. The first-order valence-electron chi connectivity index (χ1n) is 4.97. The van der Waals surface area contributed by atoms with Crippen molar-refractivity contribution in [3.05, 3.63) is 36.2 Å². The predicted octanol–water partition coefficient (Wildman–Crippen LogP) is 0.995. The summed E-state index contributed by atoms with van der Waals surface area (Å²) in [5.74, 6) is -0.0824. The predicted molar refractivity (Wildman–Crippen MR) is 62.7 cm³/mol. The molecule has 1 rings (SSSR count). The van der Waals surface area contributed by atoms with E-state index >= 15 is 0 Å². The Morgan fingerprint density at radius 3 is 2.67 bits per heavy atom. The molecule has 1 heterocycles. The Bertz CT molecular complexity index is 473. The highest BCUT2D eigenvalue weighted by atomic mass is 16.6. The van der Waals surface area contributed by atoms with Gasteiger partial charge in [0.15, 0.2) is 0 Å². The van der Waals surface area contributed by atoms with E-state index < -0.39 is 12.0 Å². The van der Waals surface area contributed by atoms with Gasteiger partial charge in [-0.15, -0.1) is 0 Å². The van der Waals surface area contributed by atoms with E-state index in [0.29, 0.717) is 5.88 Å². The lowest BCUT2D eigenvalue weighted by atomic mass is 10.3. The smallest absolute Gasteiger partial charge is 0.431 e. The summed E-state index contributed by atoms with van der Waals surface area (Å²) in [4.78, 5) is 26.5. The summed E-state index contributed by atoms with van der Waals surface area (Å²) in [6.07, 6.45) is -0.834. The Hall–Kier alpha value is -2.57. The summed E-state index contributed by atoms with van der Waals surface area (Å²) in [5, 5.41) is 0. The quantitative estimate of drug-likeness (QED) is 0.617. The number of pyridine rings is 1. The lowest BCUT2D eigenvalue weighted by Crippen LogP contribution is -2.42. The Balaban J connectivity index is 2.54. The minimum absolute atomic E-state index is 0.102. The molecule has 0 aliphatic carbocycles. The standard InChI is InChI=1S/C11H13N3O4/c1-7(2)18-11(16)14-13-10(15)8-5-4-6-9(12-8)17-3/h4-6H,1H2,2-3H3,(H,13,15)(H,14,16). The molecule has 7 heteroatoms. The fourth-order valence-electron chi connectivity index (χ4n) is 1.01. The van der Waals surface area contributed by atoms with Crippen molar-refractivity contribution in [1.29, 1.82) is 0 Å². The second-order valence-corrected chi connectivity index (χ2v) is 3.24. The highest BCUT2D eigenvalue weighted by Crippen LogP contribution is 2.05. The lowest BCUT2D eigenvalue weighted by molar-refractivity contribution is 0.0916. The Morgan fingerprint density at radius 2 is 2.06 bits per heavy atom. The SMILES string of the molecule is C=C(C)OC(=O)NNC(=O)c1cccc(OC)n1. The number of methoxy groups -OCH3 is 1. The molecule has 0 fully saturated rings. The second kappa shape index (κ2) is 6.24. The summed E-state index contributed by atoms with van der Waals surface area (Å²) in [7, 11) is 1.44. The molecule has 0 saturated carbocycles. The van der Waals surface area contributed by atoms with Crippen molar-refractivity contribution >= 4 is 12.0 Å². The number of allylic oxidation sites excluding steroid dienone is 1. The Labute approximate surface area is 104 Å². The topological polar surface area (TPSA) is 89.6 Å². The van der Waals surface area contributed by atoms with Crippen molar-refractivity contribution in [3.8, 4) is 5.88 Å². The molecule has 0 unspecified atom stereocenters. The van der Waals surface area contributed by atoms with Gasteiger partial charge < -0.3 is 9.47 Å². The maximum absolute atomic E-state index is 11.6. The zero-order chi connectivity index (χ0) is 13.5. The minimum atomic E-state index is -0.834. The van der Waals surface area contributed by atoms with Crippen LogP contribution in [0.1, 0.15) is 17.4 Å². The average Bonchev–Trinajstić information content (AvgIpc) is 2.35. The molecular formula is C11H13N3O4. The first kappa shape index (κ1) is 13.5. The maximum Gasteiger partial charge on any atom is 0.431 e. The van der Waals surface area contributed by atoms with Crippen LogP contribution >= 0.6 is 0 Å². The molecule has 0 atom stereocenters. The third-order valence-electron chi connectivity index (χ3n) is 1.71. The fraction of sp³-hybridized carbons (Fsp3) is 0.182. The number of hydrogen-bond donors (Lipinski definition) is 2. The number of rotatable bonds is 3. The number of nitrogens with one attached hydrogen (secondary N) is 2. The van der Waals surface area contributed by atoms with Crippen LogP contribution in [-0.4, -0.2) is 24.1 Å². The van der Waals surface area contributed by atoms with Crippen molar-refractivity contribution < 1.29 is 19.1 Å². The van der Waals surface area contributed by atoms with E-state index in [1.165, 1.54) is 20.1 Å². The molecule has 0 bridgehead atoms. The summed E-state index contributed by atoms with van der Waals surface area (Å²) >= 11 is 0. The van der Waals surface area contributed by atoms with Gasteiger partial charge in [0.25, 0.3) is 5.91 Å². The third-order valence-corrected chi connectivity index (χ3v) is 1.71. The first-order valence-corrected chi connectivity index (χ1v) is 4.97. The van der Waals surface area contributed by atoms with Crippen LogP contribution in [0.3, 0.4) is 0 Å². The summed E-state index contributed by atoms with van der Waals surface area (Å²) in [6, 6.07) is 4.68. The molecule has 0 aromatic carbocycles. The van der Waals surface area contributed by atoms with Crippen LogP contribution in [0.2, 0.25) is 0 Å². The van der Waals surface area contributed by atoms with Gasteiger partial charge in [0, 0.05) is 6.07 Å². The van der Waals surface area contributed by atoms with E-state index in [1.807, 2.05) is 5.43 Å². The van der Waals surface area contributed by atoms with Crippen LogP contribution in [0.5, 0.6) is 5.88 Å². The van der Waals surface area contributed by atoms with Crippen LogP contribution in [0.4, 0.5) is 4.79 Å². The number of aromatic nitrogens is 1. The van der Waals surface area contributed by atoms with Crippen molar-refractivity contribution in [2.75, 3.05) is 7.11 Å². The van der Waals surface area contributed by atoms with Gasteiger partial charge in [-0.3, -0.25) is 10.2 Å². The summed E-state index contributed by atoms with van der Waals surface area (Å²) in [6.45, 7) is 4.88. The monoisotopic (exact) mass is 251 g/mol. The van der Waals surface area contributed by atoms with Gasteiger partial charge in [0.05, 0.1) is 12.9 Å². The number of hydrazine groups is 1. The van der Waals surface area contributed by atoms with Crippen LogP contribution < -0.4 is 15.6 Å². The molecule has 0 aliphatic heterocycles. The molecule has 1 aromatic rings. The molecule has 1 aromatic heterocycles. The van der Waals surface area contributed by atoms with Gasteiger partial charge in [0.1, 0.15) is 5.69 Å². The molecule has 0 saturated heterocycles. The second-order valence-electron chi connectivity index (χ2n) is 3.24. The van der Waals surface area contributed by atoms with E-state index in [0.717, 1.165) is 0 Å². The molecular weight excluding hydrogens is 238 g/mol. The summed E-state index contributed by atoms with van der Waals surface area (Å²) in [5.41, 5.74) is 4.28. The lowest BCUT2D eigenvalue weighted by Gasteiger charge is -2.07. The Morgan fingerprint density at radius 1 is 1.33 bits per heavy atom.